The fourth-order valence-corrected chi connectivity index (χ4v) is 7.11. The van der Waals surface area contributed by atoms with Crippen LogP contribution in [0.25, 0.3) is 22.2 Å². The van der Waals surface area contributed by atoms with Gasteiger partial charge < -0.3 is 14.1 Å². The first-order valence-electron chi connectivity index (χ1n) is 11.6. The molecule has 2 aromatic heterocycles. The van der Waals surface area contributed by atoms with Crippen LogP contribution in [0.3, 0.4) is 0 Å². The average molecular weight is 541 g/mol. The number of hydrogen-bond donors (Lipinski definition) is 0. The molecule has 2 saturated heterocycles. The van der Waals surface area contributed by atoms with Crippen molar-refractivity contribution in [2.24, 2.45) is 0 Å². The van der Waals surface area contributed by atoms with E-state index in [0.717, 1.165) is 5.56 Å². The van der Waals surface area contributed by atoms with Crippen LogP contribution in [-0.2, 0) is 21.1 Å². The summed E-state index contributed by atoms with van der Waals surface area (Å²) in [6, 6.07) is 9.73. The maximum absolute atomic E-state index is 14.0. The molecule has 2 aliphatic heterocycles. The lowest BCUT2D eigenvalue weighted by Gasteiger charge is -2.32. The zero-order valence-electron chi connectivity index (χ0n) is 19.4. The summed E-state index contributed by atoms with van der Waals surface area (Å²) in [5, 5.41) is 0.00680. The third-order valence-electron chi connectivity index (χ3n) is 6.94. The number of nitrogens with zero attached hydrogens (tertiary/aromatic N) is 4. The van der Waals surface area contributed by atoms with Gasteiger partial charge in [0.2, 0.25) is 0 Å². The zero-order chi connectivity index (χ0) is 25.7. The fourth-order valence-electron chi connectivity index (χ4n) is 4.99. The molecule has 0 spiro atoms. The number of carbonyl (C=O) groups excluding carboxylic acids is 1. The molecule has 12 heteroatoms. The molecular formula is C25H21ClN4O6S. The standard InChI is InChI=1S/C25H21ClN4O6S/c26-16-3-1-15(2-4-16)11-29-13-28-21-8-20(22-10-27-14-36-22)23(9-19(21)24(29)31)37(33,34)18-5-6-30-17(7-18)12-35-25(30)32/h1-4,8-10,13-14,17-18H,5-7,11-12H2/t17-,18-/m0/s1. The number of fused-ring (bicyclic) bond motifs is 2. The molecule has 0 radical (unpaired) electrons. The van der Waals surface area contributed by atoms with Gasteiger partial charge in [-0.2, -0.15) is 0 Å². The van der Waals surface area contributed by atoms with Crippen molar-refractivity contribution in [1.29, 1.82) is 0 Å². The number of rotatable bonds is 5. The van der Waals surface area contributed by atoms with Gasteiger partial charge in [0, 0.05) is 17.1 Å². The third kappa shape index (κ3) is 4.17. The molecule has 4 heterocycles. The molecule has 10 nitrogen and oxygen atoms in total. The van der Waals surface area contributed by atoms with Crippen molar-refractivity contribution >= 4 is 38.4 Å². The van der Waals surface area contributed by atoms with E-state index in [1.807, 2.05) is 12.1 Å². The lowest BCUT2D eigenvalue weighted by atomic mass is 10.0. The van der Waals surface area contributed by atoms with Crippen LogP contribution in [0.4, 0.5) is 4.79 Å². The Kier molecular flexibility index (Phi) is 5.76. The Morgan fingerprint density at radius 2 is 1.95 bits per heavy atom. The summed E-state index contributed by atoms with van der Waals surface area (Å²) in [4.78, 5) is 35.3. The molecule has 0 bridgehead atoms. The summed E-state index contributed by atoms with van der Waals surface area (Å²) >= 11 is 5.97. The second kappa shape index (κ2) is 9.00. The quantitative estimate of drug-likeness (QED) is 0.376. The molecule has 4 aromatic rings. The fraction of sp³-hybridized carbons (Fsp3) is 0.280. The van der Waals surface area contributed by atoms with Gasteiger partial charge in [-0.1, -0.05) is 23.7 Å². The van der Waals surface area contributed by atoms with Crippen LogP contribution >= 0.6 is 11.6 Å². The number of aromatic nitrogens is 3. The minimum atomic E-state index is -3.93. The topological polar surface area (TPSA) is 125 Å². The minimum absolute atomic E-state index is 0.0245. The minimum Gasteiger partial charge on any atom is -0.447 e. The molecule has 2 aromatic carbocycles. The van der Waals surface area contributed by atoms with Crippen molar-refractivity contribution in [3.05, 3.63) is 76.3 Å². The molecule has 190 valence electrons. The monoisotopic (exact) mass is 540 g/mol. The number of carbonyl (C=O) groups is 1. The first-order chi connectivity index (χ1) is 17.8. The number of amides is 1. The predicted octanol–water partition coefficient (Wildman–Crippen LogP) is 3.51. The second-order valence-corrected chi connectivity index (χ2v) is 11.8. The average Bonchev–Trinajstić information content (AvgIpc) is 3.56. The highest BCUT2D eigenvalue weighted by Gasteiger charge is 2.43. The van der Waals surface area contributed by atoms with Gasteiger partial charge in [-0.25, -0.2) is 23.2 Å². The van der Waals surface area contributed by atoms with E-state index in [0.29, 0.717) is 10.5 Å². The lowest BCUT2D eigenvalue weighted by Crippen LogP contribution is -2.45. The molecule has 6 rings (SSSR count). The summed E-state index contributed by atoms with van der Waals surface area (Å²) in [6.07, 6.45) is 4.17. The maximum atomic E-state index is 14.0. The van der Waals surface area contributed by atoms with Gasteiger partial charge in [-0.05, 0) is 42.7 Å². The summed E-state index contributed by atoms with van der Waals surface area (Å²) in [7, 11) is -3.93. The molecule has 0 aliphatic carbocycles. The van der Waals surface area contributed by atoms with Gasteiger partial charge >= 0.3 is 6.09 Å². The molecule has 37 heavy (non-hydrogen) atoms. The van der Waals surface area contributed by atoms with Gasteiger partial charge in [-0.3, -0.25) is 9.36 Å². The van der Waals surface area contributed by atoms with Crippen molar-refractivity contribution in [1.82, 2.24) is 19.4 Å². The largest absolute Gasteiger partial charge is 0.447 e. The van der Waals surface area contributed by atoms with Crippen LogP contribution < -0.4 is 5.56 Å². The van der Waals surface area contributed by atoms with Crippen LogP contribution in [0, 0.1) is 0 Å². The van der Waals surface area contributed by atoms with Crippen molar-refractivity contribution < 1.29 is 22.4 Å². The van der Waals surface area contributed by atoms with Crippen molar-refractivity contribution in [3.63, 3.8) is 0 Å². The van der Waals surface area contributed by atoms with Gasteiger partial charge in [0.05, 0.1) is 46.2 Å². The Balaban J connectivity index is 1.45. The van der Waals surface area contributed by atoms with Crippen LogP contribution in [0.15, 0.2) is 69.4 Å². The SMILES string of the molecule is O=C1OC[C@@H]2C[C@@H](S(=O)(=O)c3cc4c(=O)n(Cc5ccc(Cl)cc5)cnc4cc3-c3cnco3)CCN12. The van der Waals surface area contributed by atoms with Gasteiger partial charge in [-0.15, -0.1) is 0 Å². The van der Waals surface area contributed by atoms with Crippen molar-refractivity contribution in [2.75, 3.05) is 13.2 Å². The van der Waals surface area contributed by atoms with Crippen LogP contribution in [0.1, 0.15) is 18.4 Å². The molecule has 0 saturated carbocycles. The van der Waals surface area contributed by atoms with E-state index in [-0.39, 0.29) is 65.7 Å². The Hall–Kier alpha value is -3.70. The first-order valence-corrected chi connectivity index (χ1v) is 13.6. The number of piperidine rings is 1. The van der Waals surface area contributed by atoms with E-state index in [2.05, 4.69) is 9.97 Å². The van der Waals surface area contributed by atoms with E-state index < -0.39 is 21.2 Å². The number of hydrogen-bond acceptors (Lipinski definition) is 8. The number of halogens is 1. The molecular weight excluding hydrogens is 520 g/mol. The maximum Gasteiger partial charge on any atom is 0.410 e. The normalized spacial score (nSPS) is 19.7. The number of sulfone groups is 1. The number of cyclic esters (lactones) is 1. The van der Waals surface area contributed by atoms with E-state index in [1.165, 1.54) is 29.6 Å². The Labute approximate surface area is 216 Å². The second-order valence-electron chi connectivity index (χ2n) is 9.15. The number of benzene rings is 2. The molecule has 0 unspecified atom stereocenters. The van der Waals surface area contributed by atoms with Crippen LogP contribution in [0.2, 0.25) is 5.02 Å². The van der Waals surface area contributed by atoms with E-state index >= 15 is 0 Å². The number of ether oxygens (including phenoxy) is 1. The molecule has 2 fully saturated rings. The van der Waals surface area contributed by atoms with Crippen molar-refractivity contribution in [3.8, 4) is 11.3 Å². The van der Waals surface area contributed by atoms with E-state index in [1.54, 1.807) is 23.1 Å². The highest BCUT2D eigenvalue weighted by atomic mass is 35.5. The summed E-state index contributed by atoms with van der Waals surface area (Å²) in [6.45, 7) is 0.698. The van der Waals surface area contributed by atoms with Crippen LogP contribution in [-0.4, -0.2) is 58.4 Å². The Bertz CT molecular complexity index is 1670. The molecule has 2 aliphatic rings. The van der Waals surface area contributed by atoms with Gasteiger partial charge in [0.1, 0.15) is 6.61 Å². The third-order valence-corrected chi connectivity index (χ3v) is 9.44. The van der Waals surface area contributed by atoms with E-state index in [9.17, 15) is 18.0 Å². The first kappa shape index (κ1) is 23.7. The van der Waals surface area contributed by atoms with Crippen molar-refractivity contribution in [2.45, 2.75) is 35.6 Å². The summed E-state index contributed by atoms with van der Waals surface area (Å²) < 4.78 is 40.0. The zero-order valence-corrected chi connectivity index (χ0v) is 21.0. The van der Waals surface area contributed by atoms with E-state index in [4.69, 9.17) is 20.8 Å². The molecule has 2 atom stereocenters. The molecule has 0 N–H and O–H groups in total. The van der Waals surface area contributed by atoms with Gasteiger partial charge in [0.25, 0.3) is 5.56 Å². The smallest absolute Gasteiger partial charge is 0.410 e. The van der Waals surface area contributed by atoms with Gasteiger partial charge in [0.15, 0.2) is 22.0 Å². The highest BCUT2D eigenvalue weighted by Crippen LogP contribution is 2.36. The summed E-state index contributed by atoms with van der Waals surface area (Å²) in [5.74, 6) is 0.254. The molecule has 1 amide bonds. The Morgan fingerprint density at radius 1 is 1.14 bits per heavy atom. The Morgan fingerprint density at radius 3 is 2.70 bits per heavy atom. The van der Waals surface area contributed by atoms with Crippen LogP contribution in [0.5, 0.6) is 0 Å². The lowest BCUT2D eigenvalue weighted by molar-refractivity contribution is 0.154. The number of oxazole rings is 1. The highest BCUT2D eigenvalue weighted by molar-refractivity contribution is 7.92. The predicted molar refractivity (Wildman–Crippen MR) is 134 cm³/mol. The summed E-state index contributed by atoms with van der Waals surface area (Å²) in [5.41, 5.74) is 1.10.